The molecule has 1 rings (SSSR count). The molecule has 1 aromatic rings. The van der Waals surface area contributed by atoms with Gasteiger partial charge in [-0.25, -0.2) is 0 Å². The molecule has 0 bridgehead atoms. The van der Waals surface area contributed by atoms with Gasteiger partial charge in [0.25, 0.3) is 0 Å². The number of rotatable bonds is 8. The lowest BCUT2D eigenvalue weighted by molar-refractivity contribution is -0.128. The summed E-state index contributed by atoms with van der Waals surface area (Å²) in [5, 5.41) is 0. The molecule has 4 heteroatoms. The van der Waals surface area contributed by atoms with Crippen molar-refractivity contribution in [3.8, 4) is 5.75 Å². The second kappa shape index (κ2) is 8.66. The van der Waals surface area contributed by atoms with E-state index in [1.807, 2.05) is 38.1 Å². The van der Waals surface area contributed by atoms with Crippen LogP contribution in [0, 0.1) is 0 Å². The third-order valence-electron chi connectivity index (χ3n) is 2.29. The van der Waals surface area contributed by atoms with Gasteiger partial charge in [-0.15, -0.1) is 0 Å². The highest BCUT2D eigenvalue weighted by molar-refractivity contribution is 5.80. The molecule has 0 fully saturated rings. The van der Waals surface area contributed by atoms with Crippen molar-refractivity contribution in [2.24, 2.45) is 4.99 Å². The minimum absolute atomic E-state index is 0.262. The van der Waals surface area contributed by atoms with E-state index in [1.54, 1.807) is 13.3 Å². The van der Waals surface area contributed by atoms with E-state index in [-0.39, 0.29) is 6.29 Å². The first-order valence-corrected chi connectivity index (χ1v) is 6.17. The average Bonchev–Trinajstić information content (AvgIpc) is 2.39. The predicted molar refractivity (Wildman–Crippen MR) is 72.5 cm³/mol. The lowest BCUT2D eigenvalue weighted by Crippen LogP contribution is -2.20. The van der Waals surface area contributed by atoms with Gasteiger partial charge in [0.05, 0.1) is 13.7 Å². The maximum absolute atomic E-state index is 5.40. The fraction of sp³-hybridized carbons (Fsp3) is 0.500. The average molecular weight is 251 g/mol. The molecule has 0 saturated carbocycles. The molecule has 0 saturated heterocycles. The van der Waals surface area contributed by atoms with Crippen LogP contribution in [0.15, 0.2) is 29.3 Å². The highest BCUT2D eigenvalue weighted by Gasteiger charge is 2.05. The molecule has 18 heavy (non-hydrogen) atoms. The standard InChI is InChI=1S/C14H21NO3/c1-4-17-14(18-5-2)11-15-10-12-7-6-8-13(9-12)16-3/h6-10,14H,4-5,11H2,1-3H3. The van der Waals surface area contributed by atoms with Crippen LogP contribution in [0.5, 0.6) is 5.75 Å². The maximum atomic E-state index is 5.40. The predicted octanol–water partition coefficient (Wildman–Crippen LogP) is 2.51. The van der Waals surface area contributed by atoms with E-state index in [1.165, 1.54) is 0 Å². The summed E-state index contributed by atoms with van der Waals surface area (Å²) in [5.41, 5.74) is 1.00. The van der Waals surface area contributed by atoms with Crippen molar-refractivity contribution >= 4 is 6.21 Å². The fourth-order valence-corrected chi connectivity index (χ4v) is 1.49. The van der Waals surface area contributed by atoms with Crippen molar-refractivity contribution in [3.05, 3.63) is 29.8 Å². The minimum atomic E-state index is -0.262. The molecule has 0 radical (unpaired) electrons. The molecule has 4 nitrogen and oxygen atoms in total. The molecule has 0 aromatic heterocycles. The molecular formula is C14H21NO3. The Morgan fingerprint density at radius 1 is 1.22 bits per heavy atom. The molecule has 0 aliphatic rings. The number of hydrogen-bond acceptors (Lipinski definition) is 4. The Morgan fingerprint density at radius 2 is 1.94 bits per heavy atom. The summed E-state index contributed by atoms with van der Waals surface area (Å²) in [7, 11) is 1.65. The molecule has 0 unspecified atom stereocenters. The number of methoxy groups -OCH3 is 1. The van der Waals surface area contributed by atoms with Crippen LogP contribution in [0.3, 0.4) is 0 Å². The van der Waals surface area contributed by atoms with Crippen LogP contribution in [0.1, 0.15) is 19.4 Å². The number of benzene rings is 1. The largest absolute Gasteiger partial charge is 0.497 e. The van der Waals surface area contributed by atoms with Crippen LogP contribution in [0.2, 0.25) is 0 Å². The van der Waals surface area contributed by atoms with Gasteiger partial charge < -0.3 is 14.2 Å². The van der Waals surface area contributed by atoms with Crippen LogP contribution in [0.25, 0.3) is 0 Å². The zero-order chi connectivity index (χ0) is 13.2. The summed E-state index contributed by atoms with van der Waals surface area (Å²) in [6.07, 6.45) is 1.54. The Kier molecular flexibility index (Phi) is 7.06. The normalized spacial score (nSPS) is 11.3. The zero-order valence-corrected chi connectivity index (χ0v) is 11.3. The van der Waals surface area contributed by atoms with Crippen LogP contribution in [-0.2, 0) is 9.47 Å². The van der Waals surface area contributed by atoms with Gasteiger partial charge in [-0.2, -0.15) is 0 Å². The third-order valence-corrected chi connectivity index (χ3v) is 2.29. The topological polar surface area (TPSA) is 40.0 Å². The quantitative estimate of drug-likeness (QED) is 0.526. The summed E-state index contributed by atoms with van der Waals surface area (Å²) in [5.74, 6) is 0.824. The van der Waals surface area contributed by atoms with Crippen molar-refractivity contribution in [2.45, 2.75) is 20.1 Å². The fourth-order valence-electron chi connectivity index (χ4n) is 1.49. The van der Waals surface area contributed by atoms with Crippen LogP contribution in [-0.4, -0.2) is 39.4 Å². The molecule has 1 aromatic carbocycles. The number of ether oxygens (including phenoxy) is 3. The van der Waals surface area contributed by atoms with Crippen molar-refractivity contribution in [1.29, 1.82) is 0 Å². The van der Waals surface area contributed by atoms with Gasteiger partial charge in [-0.05, 0) is 31.5 Å². The Hall–Kier alpha value is -1.39. The molecular weight excluding hydrogens is 230 g/mol. The SMILES string of the molecule is CCOC(CN=Cc1cccc(OC)c1)OCC. The van der Waals surface area contributed by atoms with Crippen molar-refractivity contribution < 1.29 is 14.2 Å². The zero-order valence-electron chi connectivity index (χ0n) is 11.3. The third kappa shape index (κ3) is 5.29. The van der Waals surface area contributed by atoms with E-state index in [0.717, 1.165) is 11.3 Å². The van der Waals surface area contributed by atoms with Crippen molar-refractivity contribution in [2.75, 3.05) is 26.9 Å². The van der Waals surface area contributed by atoms with E-state index < -0.39 is 0 Å². The second-order valence-electron chi connectivity index (χ2n) is 3.61. The van der Waals surface area contributed by atoms with Crippen LogP contribution < -0.4 is 4.74 Å². The van der Waals surface area contributed by atoms with Gasteiger partial charge in [0.15, 0.2) is 6.29 Å². The molecule has 0 aliphatic heterocycles. The molecule has 100 valence electrons. The Bertz CT molecular complexity index is 360. The second-order valence-corrected chi connectivity index (χ2v) is 3.61. The van der Waals surface area contributed by atoms with E-state index in [0.29, 0.717) is 19.8 Å². The number of hydrogen-bond donors (Lipinski definition) is 0. The first kappa shape index (κ1) is 14.7. The summed E-state index contributed by atoms with van der Waals surface area (Å²) in [6, 6.07) is 7.74. The summed E-state index contributed by atoms with van der Waals surface area (Å²) < 4.78 is 16.0. The molecule has 0 spiro atoms. The van der Waals surface area contributed by atoms with Gasteiger partial charge in [0, 0.05) is 19.4 Å². The van der Waals surface area contributed by atoms with Crippen LogP contribution >= 0.6 is 0 Å². The molecule has 0 atom stereocenters. The molecule has 0 aliphatic carbocycles. The molecule has 0 heterocycles. The molecule has 0 N–H and O–H groups in total. The Morgan fingerprint density at radius 3 is 2.56 bits per heavy atom. The lowest BCUT2D eigenvalue weighted by atomic mass is 10.2. The lowest BCUT2D eigenvalue weighted by Gasteiger charge is -2.14. The van der Waals surface area contributed by atoms with Gasteiger partial charge in [-0.3, -0.25) is 4.99 Å². The smallest absolute Gasteiger partial charge is 0.176 e. The van der Waals surface area contributed by atoms with Crippen molar-refractivity contribution in [3.63, 3.8) is 0 Å². The first-order valence-electron chi connectivity index (χ1n) is 6.17. The van der Waals surface area contributed by atoms with Crippen LogP contribution in [0.4, 0.5) is 0 Å². The van der Waals surface area contributed by atoms with E-state index in [4.69, 9.17) is 14.2 Å². The number of aliphatic imine (C=N–C) groups is 1. The summed E-state index contributed by atoms with van der Waals surface area (Å²) in [6.45, 7) is 5.63. The Balaban J connectivity index is 2.51. The van der Waals surface area contributed by atoms with Gasteiger partial charge >= 0.3 is 0 Å². The van der Waals surface area contributed by atoms with Crippen molar-refractivity contribution in [1.82, 2.24) is 0 Å². The maximum Gasteiger partial charge on any atom is 0.176 e. The van der Waals surface area contributed by atoms with Gasteiger partial charge in [-0.1, -0.05) is 12.1 Å². The summed E-state index contributed by atoms with van der Waals surface area (Å²) >= 11 is 0. The van der Waals surface area contributed by atoms with E-state index in [9.17, 15) is 0 Å². The Labute approximate surface area is 109 Å². The van der Waals surface area contributed by atoms with E-state index in [2.05, 4.69) is 4.99 Å². The first-order chi connectivity index (χ1) is 8.80. The van der Waals surface area contributed by atoms with Gasteiger partial charge in [0.2, 0.25) is 0 Å². The highest BCUT2D eigenvalue weighted by atomic mass is 16.7. The van der Waals surface area contributed by atoms with Gasteiger partial charge in [0.1, 0.15) is 5.75 Å². The van der Waals surface area contributed by atoms with E-state index >= 15 is 0 Å². The minimum Gasteiger partial charge on any atom is -0.497 e. The number of nitrogens with zero attached hydrogens (tertiary/aromatic N) is 1. The molecule has 0 amide bonds. The monoisotopic (exact) mass is 251 g/mol. The highest BCUT2D eigenvalue weighted by Crippen LogP contribution is 2.10. The summed E-state index contributed by atoms with van der Waals surface area (Å²) in [4.78, 5) is 4.32.